The second kappa shape index (κ2) is 6.17. The molecule has 2 aromatic rings. The third kappa shape index (κ3) is 3.33. The second-order valence-electron chi connectivity index (χ2n) is 4.68. The van der Waals surface area contributed by atoms with Crippen molar-refractivity contribution < 1.29 is 0 Å². The number of hydrogen-bond donors (Lipinski definition) is 1. The third-order valence-corrected chi connectivity index (χ3v) is 4.29. The van der Waals surface area contributed by atoms with Crippen LogP contribution in [0.1, 0.15) is 27.9 Å². The molecule has 0 amide bonds. The molecule has 0 bridgehead atoms. The van der Waals surface area contributed by atoms with Crippen LogP contribution in [-0.2, 0) is 12.3 Å². The molecule has 0 atom stereocenters. The fraction of sp³-hybridized carbons (Fsp3) is 0.333. The molecular formula is C15H19N3S. The van der Waals surface area contributed by atoms with Crippen LogP contribution in [0.2, 0.25) is 0 Å². The normalized spacial score (nSPS) is 10.7. The van der Waals surface area contributed by atoms with Crippen molar-refractivity contribution >= 4 is 11.8 Å². The molecule has 3 nitrogen and oxygen atoms in total. The molecule has 0 saturated carbocycles. The average Bonchev–Trinajstić information content (AvgIpc) is 2.40. The first-order valence-corrected chi connectivity index (χ1v) is 7.31. The summed E-state index contributed by atoms with van der Waals surface area (Å²) in [6.07, 6.45) is 0. The van der Waals surface area contributed by atoms with Crippen LogP contribution in [-0.4, -0.2) is 10.2 Å². The maximum absolute atomic E-state index is 5.83. The van der Waals surface area contributed by atoms with E-state index in [-0.39, 0.29) is 0 Å². The van der Waals surface area contributed by atoms with Gasteiger partial charge in [0.2, 0.25) is 0 Å². The summed E-state index contributed by atoms with van der Waals surface area (Å²) in [6, 6.07) is 8.52. The van der Waals surface area contributed by atoms with E-state index < -0.39 is 0 Å². The molecule has 0 aliphatic rings. The Hall–Kier alpha value is -1.39. The van der Waals surface area contributed by atoms with Gasteiger partial charge in [-0.3, -0.25) is 0 Å². The van der Waals surface area contributed by atoms with E-state index in [1.165, 1.54) is 11.1 Å². The maximum Gasteiger partial charge on any atom is 0.124 e. The van der Waals surface area contributed by atoms with Gasteiger partial charge in [0.25, 0.3) is 0 Å². The molecule has 4 heteroatoms. The lowest BCUT2D eigenvalue weighted by molar-refractivity contribution is 0.824. The van der Waals surface area contributed by atoms with Gasteiger partial charge in [-0.1, -0.05) is 41.6 Å². The van der Waals surface area contributed by atoms with Crippen LogP contribution in [0.15, 0.2) is 29.3 Å². The highest BCUT2D eigenvalue weighted by molar-refractivity contribution is 7.98. The van der Waals surface area contributed by atoms with Crippen LogP contribution in [0.3, 0.4) is 0 Å². The summed E-state index contributed by atoms with van der Waals surface area (Å²) in [6.45, 7) is 6.65. The minimum Gasteiger partial charge on any atom is -0.326 e. The van der Waals surface area contributed by atoms with E-state index in [0.29, 0.717) is 6.54 Å². The summed E-state index contributed by atoms with van der Waals surface area (Å²) in [7, 11) is 0. The molecule has 0 unspecified atom stereocenters. The van der Waals surface area contributed by atoms with Gasteiger partial charge in [0, 0.05) is 17.9 Å². The molecule has 2 rings (SSSR count). The van der Waals surface area contributed by atoms with Crippen molar-refractivity contribution in [3.63, 3.8) is 0 Å². The number of nitrogens with two attached hydrogens (primary N) is 1. The van der Waals surface area contributed by atoms with Crippen LogP contribution in [0.4, 0.5) is 0 Å². The number of aryl methyl sites for hydroxylation is 2. The highest BCUT2D eigenvalue weighted by atomic mass is 32.2. The van der Waals surface area contributed by atoms with Gasteiger partial charge < -0.3 is 5.73 Å². The topological polar surface area (TPSA) is 51.8 Å². The van der Waals surface area contributed by atoms with Crippen molar-refractivity contribution in [1.29, 1.82) is 0 Å². The first-order chi connectivity index (χ1) is 9.11. The van der Waals surface area contributed by atoms with E-state index in [1.54, 1.807) is 11.8 Å². The summed E-state index contributed by atoms with van der Waals surface area (Å²) >= 11 is 1.70. The Bertz CT molecular complexity index is 582. The van der Waals surface area contributed by atoms with E-state index in [1.807, 2.05) is 6.92 Å². The van der Waals surface area contributed by atoms with Crippen LogP contribution in [0.5, 0.6) is 0 Å². The molecule has 0 fully saturated rings. The minimum atomic E-state index is 0.512. The zero-order valence-electron chi connectivity index (χ0n) is 11.6. The first kappa shape index (κ1) is 14.0. The molecule has 19 heavy (non-hydrogen) atoms. The molecule has 1 aromatic carbocycles. The lowest BCUT2D eigenvalue weighted by Crippen LogP contribution is -2.07. The van der Waals surface area contributed by atoms with Gasteiger partial charge in [-0.15, -0.1) is 5.10 Å². The highest BCUT2D eigenvalue weighted by Gasteiger charge is 2.10. The number of rotatable bonds is 4. The minimum absolute atomic E-state index is 0.512. The predicted molar refractivity (Wildman–Crippen MR) is 80.1 cm³/mol. The molecule has 0 spiro atoms. The van der Waals surface area contributed by atoms with Crippen LogP contribution in [0, 0.1) is 20.8 Å². The van der Waals surface area contributed by atoms with Crippen molar-refractivity contribution in [3.8, 4) is 0 Å². The van der Waals surface area contributed by atoms with E-state index in [4.69, 9.17) is 5.73 Å². The van der Waals surface area contributed by atoms with Crippen LogP contribution in [0.25, 0.3) is 0 Å². The smallest absolute Gasteiger partial charge is 0.124 e. The summed E-state index contributed by atoms with van der Waals surface area (Å²) in [4.78, 5) is 0. The van der Waals surface area contributed by atoms with Crippen LogP contribution >= 0.6 is 11.8 Å². The monoisotopic (exact) mass is 273 g/mol. The first-order valence-electron chi connectivity index (χ1n) is 6.33. The van der Waals surface area contributed by atoms with Crippen LogP contribution < -0.4 is 5.73 Å². The summed E-state index contributed by atoms with van der Waals surface area (Å²) in [5, 5.41) is 9.42. The third-order valence-electron chi connectivity index (χ3n) is 3.21. The largest absolute Gasteiger partial charge is 0.326 e. The van der Waals surface area contributed by atoms with Gasteiger partial charge in [0.15, 0.2) is 0 Å². The van der Waals surface area contributed by atoms with Gasteiger partial charge in [0.1, 0.15) is 5.03 Å². The van der Waals surface area contributed by atoms with E-state index in [2.05, 4.69) is 48.3 Å². The van der Waals surface area contributed by atoms with Crippen molar-refractivity contribution in [2.45, 2.75) is 38.1 Å². The predicted octanol–water partition coefficient (Wildman–Crippen LogP) is 3.15. The highest BCUT2D eigenvalue weighted by Crippen LogP contribution is 2.26. The van der Waals surface area contributed by atoms with E-state index in [9.17, 15) is 0 Å². The van der Waals surface area contributed by atoms with Crippen molar-refractivity contribution in [2.75, 3.05) is 0 Å². The van der Waals surface area contributed by atoms with Gasteiger partial charge in [-0.05, 0) is 31.9 Å². The lowest BCUT2D eigenvalue weighted by Gasteiger charge is -2.10. The Kier molecular flexibility index (Phi) is 4.56. The lowest BCUT2D eigenvalue weighted by atomic mass is 10.1. The quantitative estimate of drug-likeness (QED) is 0.869. The van der Waals surface area contributed by atoms with Gasteiger partial charge in [-0.2, -0.15) is 5.10 Å². The van der Waals surface area contributed by atoms with Gasteiger partial charge in [0.05, 0.1) is 5.69 Å². The summed E-state index contributed by atoms with van der Waals surface area (Å²) in [5.41, 5.74) is 11.6. The fourth-order valence-electron chi connectivity index (χ4n) is 1.94. The van der Waals surface area contributed by atoms with Crippen molar-refractivity contribution in [2.24, 2.45) is 5.73 Å². The van der Waals surface area contributed by atoms with Crippen molar-refractivity contribution in [3.05, 3.63) is 52.2 Å². The standard InChI is InChI=1S/C15H19N3S/c1-10-5-4-6-13(7-10)9-19-15-14(8-16)11(2)12(3)17-18-15/h4-7H,8-9,16H2,1-3H3. The second-order valence-corrected chi connectivity index (χ2v) is 5.64. The van der Waals surface area contributed by atoms with Gasteiger partial charge >= 0.3 is 0 Å². The Morgan fingerprint density at radius 1 is 1.16 bits per heavy atom. The van der Waals surface area contributed by atoms with Gasteiger partial charge in [-0.25, -0.2) is 0 Å². The average molecular weight is 273 g/mol. The number of benzene rings is 1. The molecule has 1 aromatic heterocycles. The molecule has 1 heterocycles. The molecule has 0 aliphatic heterocycles. The Balaban J connectivity index is 2.18. The molecule has 0 radical (unpaired) electrons. The van der Waals surface area contributed by atoms with E-state index >= 15 is 0 Å². The Morgan fingerprint density at radius 2 is 1.95 bits per heavy atom. The SMILES string of the molecule is Cc1cccc(CSc2nnc(C)c(C)c2CN)c1. The molecule has 2 N–H and O–H groups in total. The molecular weight excluding hydrogens is 254 g/mol. The zero-order valence-corrected chi connectivity index (χ0v) is 12.4. The summed E-state index contributed by atoms with van der Waals surface area (Å²) < 4.78 is 0. The Labute approximate surface area is 118 Å². The molecule has 0 aliphatic carbocycles. The Morgan fingerprint density at radius 3 is 2.63 bits per heavy atom. The summed E-state index contributed by atoms with van der Waals surface area (Å²) in [5.74, 6) is 0.895. The number of thioether (sulfide) groups is 1. The number of hydrogen-bond acceptors (Lipinski definition) is 4. The molecule has 0 saturated heterocycles. The van der Waals surface area contributed by atoms with Crippen molar-refractivity contribution in [1.82, 2.24) is 10.2 Å². The number of nitrogens with zero attached hydrogens (tertiary/aromatic N) is 2. The fourth-order valence-corrected chi connectivity index (χ4v) is 2.94. The maximum atomic E-state index is 5.83. The van der Waals surface area contributed by atoms with E-state index in [0.717, 1.165) is 27.6 Å². The molecule has 100 valence electrons. The number of aromatic nitrogens is 2. The zero-order chi connectivity index (χ0) is 13.8.